The van der Waals surface area contributed by atoms with E-state index in [0.29, 0.717) is 0 Å². The molecule has 2 nitrogen and oxygen atoms in total. The minimum atomic E-state index is 1.03. The minimum absolute atomic E-state index is 1.03. The zero-order chi connectivity index (χ0) is 8.10. The lowest BCUT2D eigenvalue weighted by Gasteiger charge is -1.92. The fourth-order valence-corrected chi connectivity index (χ4v) is 0.724. The average molecular weight is 149 g/mol. The molecule has 1 heterocycles. The van der Waals surface area contributed by atoms with Gasteiger partial charge in [-0.3, -0.25) is 4.98 Å². The summed E-state index contributed by atoms with van der Waals surface area (Å²) in [5, 5.41) is 0. The van der Waals surface area contributed by atoms with Crippen molar-refractivity contribution in [3.8, 4) is 0 Å². The summed E-state index contributed by atoms with van der Waals surface area (Å²) in [4.78, 5) is 4.13. The van der Waals surface area contributed by atoms with Crippen molar-refractivity contribution in [1.82, 2.24) is 4.98 Å². The summed E-state index contributed by atoms with van der Waals surface area (Å²) >= 11 is 0. The number of hydrogen-bond acceptors (Lipinski definition) is 2. The van der Waals surface area contributed by atoms with E-state index in [2.05, 4.69) is 4.98 Å². The third-order valence-corrected chi connectivity index (χ3v) is 1.33. The van der Waals surface area contributed by atoms with Crippen molar-refractivity contribution in [3.63, 3.8) is 0 Å². The largest absolute Gasteiger partial charge is 0.504 e. The quantitative estimate of drug-likeness (QED) is 0.600. The molecule has 1 aromatic rings. The molecule has 0 unspecified atom stereocenters. The van der Waals surface area contributed by atoms with Gasteiger partial charge in [0.1, 0.15) is 0 Å². The van der Waals surface area contributed by atoms with E-state index in [9.17, 15) is 0 Å². The van der Waals surface area contributed by atoms with E-state index in [1.807, 2.05) is 31.3 Å². The maximum absolute atomic E-state index is 4.77. The first-order valence-electron chi connectivity index (χ1n) is 3.45. The molecule has 0 aromatic carbocycles. The molecular weight excluding hydrogens is 138 g/mol. The molecule has 0 fully saturated rings. The van der Waals surface area contributed by atoms with Gasteiger partial charge in [0, 0.05) is 11.9 Å². The van der Waals surface area contributed by atoms with E-state index in [4.69, 9.17) is 4.74 Å². The number of hydrogen-bond donors (Lipinski definition) is 0. The molecule has 1 aromatic heterocycles. The number of aryl methyl sites for hydroxylation is 1. The van der Waals surface area contributed by atoms with Gasteiger partial charge in [0.05, 0.1) is 13.4 Å². The van der Waals surface area contributed by atoms with E-state index < -0.39 is 0 Å². The molecule has 0 aliphatic carbocycles. The number of methoxy groups -OCH3 is 1. The molecule has 0 saturated heterocycles. The van der Waals surface area contributed by atoms with E-state index >= 15 is 0 Å². The maximum Gasteiger partial charge on any atom is 0.0831 e. The van der Waals surface area contributed by atoms with Crippen LogP contribution in [0.3, 0.4) is 0 Å². The summed E-state index contributed by atoms with van der Waals surface area (Å²) in [6, 6.07) is 3.97. The van der Waals surface area contributed by atoms with E-state index in [0.717, 1.165) is 11.3 Å². The minimum Gasteiger partial charge on any atom is -0.504 e. The van der Waals surface area contributed by atoms with Gasteiger partial charge in [-0.1, -0.05) is 6.07 Å². The van der Waals surface area contributed by atoms with Crippen LogP contribution in [0.2, 0.25) is 0 Å². The topological polar surface area (TPSA) is 22.1 Å². The molecule has 0 aliphatic rings. The zero-order valence-corrected chi connectivity index (χ0v) is 6.74. The molecule has 2 heteroatoms. The van der Waals surface area contributed by atoms with Crippen molar-refractivity contribution >= 4 is 6.08 Å². The zero-order valence-electron chi connectivity index (χ0n) is 6.74. The lowest BCUT2D eigenvalue weighted by molar-refractivity contribution is 0.341. The molecule has 0 saturated carbocycles. The molecule has 0 N–H and O–H groups in total. The second-order valence-corrected chi connectivity index (χ2v) is 2.27. The van der Waals surface area contributed by atoms with E-state index in [-0.39, 0.29) is 0 Å². The molecular formula is C9H11NO. The molecule has 0 atom stereocenters. The molecule has 0 radical (unpaired) electrons. The van der Waals surface area contributed by atoms with Crippen LogP contribution >= 0.6 is 0 Å². The Morgan fingerprint density at radius 2 is 2.27 bits per heavy atom. The predicted octanol–water partition coefficient (Wildman–Crippen LogP) is 2.01. The summed E-state index contributed by atoms with van der Waals surface area (Å²) in [5.41, 5.74) is 2.08. The van der Waals surface area contributed by atoms with Crippen molar-refractivity contribution in [3.05, 3.63) is 35.8 Å². The molecule has 0 amide bonds. The molecule has 0 aliphatic heterocycles. The standard InChI is InChI=1S/C9H11NO/c1-8-3-4-9(7-10-8)5-6-11-2/h3-7H,1-2H3. The fraction of sp³-hybridized carbons (Fsp3) is 0.222. The van der Waals surface area contributed by atoms with E-state index in [1.54, 1.807) is 13.4 Å². The first-order valence-corrected chi connectivity index (χ1v) is 3.45. The lowest BCUT2D eigenvalue weighted by atomic mass is 10.2. The summed E-state index contributed by atoms with van der Waals surface area (Å²) < 4.78 is 4.77. The van der Waals surface area contributed by atoms with Crippen LogP contribution < -0.4 is 0 Å². The number of ether oxygens (including phenoxy) is 1. The fourth-order valence-electron chi connectivity index (χ4n) is 0.724. The number of rotatable bonds is 2. The third-order valence-electron chi connectivity index (χ3n) is 1.33. The van der Waals surface area contributed by atoms with Crippen LogP contribution in [0.15, 0.2) is 24.6 Å². The van der Waals surface area contributed by atoms with Crippen LogP contribution in [-0.2, 0) is 4.74 Å². The maximum atomic E-state index is 4.77. The molecule has 58 valence electrons. The monoisotopic (exact) mass is 149 g/mol. The van der Waals surface area contributed by atoms with Crippen molar-refractivity contribution in [2.24, 2.45) is 0 Å². The highest BCUT2D eigenvalue weighted by Gasteiger charge is 1.85. The van der Waals surface area contributed by atoms with Crippen LogP contribution in [0.5, 0.6) is 0 Å². The van der Waals surface area contributed by atoms with Crippen LogP contribution in [-0.4, -0.2) is 12.1 Å². The summed E-state index contributed by atoms with van der Waals surface area (Å²) in [6.07, 6.45) is 5.31. The number of nitrogens with zero attached hydrogens (tertiary/aromatic N) is 1. The number of pyridine rings is 1. The van der Waals surface area contributed by atoms with Crippen LogP contribution in [0.1, 0.15) is 11.3 Å². The number of aromatic nitrogens is 1. The Morgan fingerprint density at radius 3 is 2.82 bits per heavy atom. The van der Waals surface area contributed by atoms with Gasteiger partial charge in [0.15, 0.2) is 0 Å². The Hall–Kier alpha value is -1.31. The Labute approximate surface area is 66.5 Å². The van der Waals surface area contributed by atoms with Gasteiger partial charge in [-0.05, 0) is 24.6 Å². The first kappa shape index (κ1) is 7.79. The third kappa shape index (κ3) is 2.42. The van der Waals surface area contributed by atoms with Gasteiger partial charge in [-0.25, -0.2) is 0 Å². The van der Waals surface area contributed by atoms with Gasteiger partial charge in [-0.15, -0.1) is 0 Å². The highest BCUT2D eigenvalue weighted by atomic mass is 16.5. The summed E-state index contributed by atoms with van der Waals surface area (Å²) in [7, 11) is 1.62. The average Bonchev–Trinajstić information content (AvgIpc) is 2.04. The smallest absolute Gasteiger partial charge is 0.0831 e. The van der Waals surface area contributed by atoms with Gasteiger partial charge in [0.25, 0.3) is 0 Å². The Morgan fingerprint density at radius 1 is 1.45 bits per heavy atom. The Balaban J connectivity index is 2.73. The van der Waals surface area contributed by atoms with Crippen LogP contribution in [0, 0.1) is 6.92 Å². The van der Waals surface area contributed by atoms with Crippen molar-refractivity contribution in [1.29, 1.82) is 0 Å². The van der Waals surface area contributed by atoms with Crippen molar-refractivity contribution < 1.29 is 4.74 Å². The van der Waals surface area contributed by atoms with E-state index in [1.165, 1.54) is 0 Å². The second kappa shape index (κ2) is 3.76. The first-order chi connectivity index (χ1) is 5.33. The highest BCUT2D eigenvalue weighted by Crippen LogP contribution is 2.00. The SMILES string of the molecule is COC=Cc1ccc(C)nc1. The Bertz CT molecular complexity index is 238. The van der Waals surface area contributed by atoms with Crippen LogP contribution in [0.25, 0.3) is 6.08 Å². The van der Waals surface area contributed by atoms with Gasteiger partial charge in [-0.2, -0.15) is 0 Å². The lowest BCUT2D eigenvalue weighted by Crippen LogP contribution is -1.79. The normalized spacial score (nSPS) is 10.4. The molecule has 11 heavy (non-hydrogen) atoms. The van der Waals surface area contributed by atoms with Crippen molar-refractivity contribution in [2.45, 2.75) is 6.92 Å². The van der Waals surface area contributed by atoms with Gasteiger partial charge >= 0.3 is 0 Å². The molecule has 0 spiro atoms. The highest BCUT2D eigenvalue weighted by molar-refractivity contribution is 5.46. The molecule has 1 rings (SSSR count). The van der Waals surface area contributed by atoms with Gasteiger partial charge in [0.2, 0.25) is 0 Å². The Kier molecular flexibility index (Phi) is 2.66. The van der Waals surface area contributed by atoms with Gasteiger partial charge < -0.3 is 4.74 Å². The summed E-state index contributed by atoms with van der Waals surface area (Å²) in [5.74, 6) is 0. The van der Waals surface area contributed by atoms with Crippen molar-refractivity contribution in [2.75, 3.05) is 7.11 Å². The summed E-state index contributed by atoms with van der Waals surface area (Å²) in [6.45, 7) is 1.96. The predicted molar refractivity (Wildman–Crippen MR) is 45.0 cm³/mol. The van der Waals surface area contributed by atoms with Crippen LogP contribution in [0.4, 0.5) is 0 Å². The second-order valence-electron chi connectivity index (χ2n) is 2.27. The molecule has 0 bridgehead atoms.